The zero-order valence-electron chi connectivity index (χ0n) is 9.92. The van der Waals surface area contributed by atoms with Gasteiger partial charge in [-0.3, -0.25) is 4.99 Å². The van der Waals surface area contributed by atoms with Crippen LogP contribution in [0.4, 0.5) is 0 Å². The summed E-state index contributed by atoms with van der Waals surface area (Å²) in [7, 11) is 0. The quantitative estimate of drug-likeness (QED) is 0.529. The van der Waals surface area contributed by atoms with E-state index in [4.69, 9.17) is 10.00 Å². The lowest BCUT2D eigenvalue weighted by Crippen LogP contribution is -2.40. The van der Waals surface area contributed by atoms with Crippen LogP contribution in [0, 0.1) is 22.3 Å². The van der Waals surface area contributed by atoms with Crippen molar-refractivity contribution in [2.75, 3.05) is 6.61 Å². The number of ether oxygens (including phenoxy) is 1. The maximum absolute atomic E-state index is 8.46. The Morgan fingerprint density at radius 3 is 2.67 bits per heavy atom. The van der Waals surface area contributed by atoms with Gasteiger partial charge in [-0.05, 0) is 31.4 Å². The van der Waals surface area contributed by atoms with Crippen molar-refractivity contribution in [1.82, 2.24) is 0 Å². The van der Waals surface area contributed by atoms with E-state index in [-0.39, 0.29) is 10.8 Å². The molecule has 0 bridgehead atoms. The first-order valence-corrected chi connectivity index (χ1v) is 5.38. The Labute approximate surface area is 92.1 Å². The highest BCUT2D eigenvalue weighted by Crippen LogP contribution is 2.46. The van der Waals surface area contributed by atoms with Crippen LogP contribution in [0.1, 0.15) is 40.0 Å². The Kier molecular flexibility index (Phi) is 3.38. The van der Waals surface area contributed by atoms with E-state index in [0.29, 0.717) is 12.6 Å². The fraction of sp³-hybridized carbons (Fsp3) is 0.833. The van der Waals surface area contributed by atoms with Crippen LogP contribution in [-0.2, 0) is 4.74 Å². The highest BCUT2D eigenvalue weighted by atomic mass is 16.5. The molecule has 3 nitrogen and oxygen atoms in total. The molecule has 0 aromatic carbocycles. The topological polar surface area (TPSA) is 45.4 Å². The van der Waals surface area contributed by atoms with Crippen LogP contribution in [0.25, 0.3) is 0 Å². The van der Waals surface area contributed by atoms with E-state index in [9.17, 15) is 0 Å². The summed E-state index contributed by atoms with van der Waals surface area (Å²) in [5.41, 5.74) is 0.320. The summed E-state index contributed by atoms with van der Waals surface area (Å²) < 4.78 is 4.91. The predicted octanol–water partition coefficient (Wildman–Crippen LogP) is 2.77. The van der Waals surface area contributed by atoms with Gasteiger partial charge in [0.25, 0.3) is 6.26 Å². The van der Waals surface area contributed by atoms with Crippen LogP contribution in [0.15, 0.2) is 4.99 Å². The molecule has 84 valence electrons. The van der Waals surface area contributed by atoms with Crippen LogP contribution in [0.2, 0.25) is 0 Å². The third-order valence-corrected chi connectivity index (χ3v) is 3.17. The Bertz CT molecular complexity index is 280. The summed E-state index contributed by atoms with van der Waals surface area (Å²) in [4.78, 5) is 4.16. The van der Waals surface area contributed by atoms with E-state index in [1.165, 1.54) is 0 Å². The van der Waals surface area contributed by atoms with Gasteiger partial charge in [-0.15, -0.1) is 0 Å². The van der Waals surface area contributed by atoms with E-state index < -0.39 is 0 Å². The summed E-state index contributed by atoms with van der Waals surface area (Å²) in [5, 5.41) is 8.46. The predicted molar refractivity (Wildman–Crippen MR) is 60.6 cm³/mol. The molecule has 2 atom stereocenters. The molecule has 1 aliphatic rings. The third-order valence-electron chi connectivity index (χ3n) is 3.17. The Balaban J connectivity index is 2.72. The van der Waals surface area contributed by atoms with Crippen molar-refractivity contribution < 1.29 is 4.74 Å². The molecule has 1 aliphatic carbocycles. The van der Waals surface area contributed by atoms with E-state index >= 15 is 0 Å². The summed E-state index contributed by atoms with van der Waals surface area (Å²) >= 11 is 0. The summed E-state index contributed by atoms with van der Waals surface area (Å²) in [6, 6.07) is 0.307. The standard InChI is InChI=1S/C12H20N2O/c1-11(2)5-10(14-4)6-12(3,7-11)8-15-9-13/h10H,4-8H2,1-3H3. The minimum absolute atomic E-state index is 0.0589. The van der Waals surface area contributed by atoms with Gasteiger partial charge in [0.05, 0.1) is 6.04 Å². The molecule has 1 fully saturated rings. The maximum atomic E-state index is 8.46. The van der Waals surface area contributed by atoms with Gasteiger partial charge >= 0.3 is 0 Å². The maximum Gasteiger partial charge on any atom is 0.286 e. The van der Waals surface area contributed by atoms with Crippen molar-refractivity contribution in [3.05, 3.63) is 0 Å². The van der Waals surface area contributed by atoms with E-state index in [0.717, 1.165) is 19.3 Å². The van der Waals surface area contributed by atoms with Crippen molar-refractivity contribution in [2.24, 2.45) is 15.8 Å². The first-order valence-electron chi connectivity index (χ1n) is 5.38. The molecule has 3 heteroatoms. The molecule has 0 radical (unpaired) electrons. The molecule has 0 aromatic heterocycles. The van der Waals surface area contributed by atoms with Gasteiger partial charge in [-0.2, -0.15) is 5.26 Å². The number of rotatable bonds is 3. The zero-order chi connectivity index (χ0) is 11.5. The molecule has 0 aliphatic heterocycles. The third kappa shape index (κ3) is 3.23. The zero-order valence-corrected chi connectivity index (χ0v) is 9.92. The lowest BCUT2D eigenvalue weighted by molar-refractivity contribution is 0.0290. The Morgan fingerprint density at radius 1 is 1.47 bits per heavy atom. The monoisotopic (exact) mass is 208 g/mol. The molecule has 0 N–H and O–H groups in total. The second-order valence-electron chi connectivity index (χ2n) is 5.78. The first kappa shape index (κ1) is 12.0. The van der Waals surface area contributed by atoms with Gasteiger partial charge in [0.15, 0.2) is 0 Å². The Hall–Kier alpha value is -1.04. The summed E-state index contributed by atoms with van der Waals surface area (Å²) in [5.74, 6) is 0. The van der Waals surface area contributed by atoms with Gasteiger partial charge in [0.2, 0.25) is 0 Å². The normalized spacial score (nSPS) is 34.1. The van der Waals surface area contributed by atoms with Crippen molar-refractivity contribution in [1.29, 1.82) is 5.26 Å². The van der Waals surface area contributed by atoms with Crippen LogP contribution < -0.4 is 0 Å². The summed E-state index contributed by atoms with van der Waals surface area (Å²) in [6.07, 6.45) is 4.89. The number of aliphatic imine (C=N–C) groups is 1. The van der Waals surface area contributed by atoms with Crippen molar-refractivity contribution in [3.63, 3.8) is 0 Å². The largest absolute Gasteiger partial charge is 0.427 e. The highest BCUT2D eigenvalue weighted by Gasteiger charge is 2.41. The molecule has 0 saturated heterocycles. The van der Waals surface area contributed by atoms with E-state index in [1.54, 1.807) is 6.26 Å². The van der Waals surface area contributed by atoms with Gasteiger partial charge in [-0.25, -0.2) is 0 Å². The van der Waals surface area contributed by atoms with Crippen molar-refractivity contribution in [2.45, 2.75) is 46.1 Å². The molecular weight excluding hydrogens is 188 g/mol. The summed E-state index contributed by atoms with van der Waals surface area (Å²) in [6.45, 7) is 10.8. The second kappa shape index (κ2) is 4.22. The van der Waals surface area contributed by atoms with Gasteiger partial charge in [-0.1, -0.05) is 20.8 Å². The smallest absolute Gasteiger partial charge is 0.286 e. The molecule has 0 heterocycles. The first-order chi connectivity index (χ1) is 6.91. The number of hydrogen-bond donors (Lipinski definition) is 0. The van der Waals surface area contributed by atoms with Gasteiger partial charge < -0.3 is 4.74 Å². The number of nitrogens with zero attached hydrogens (tertiary/aromatic N) is 2. The average Bonchev–Trinajstić information content (AvgIpc) is 2.12. The molecular formula is C12H20N2O. The number of nitriles is 1. The lowest BCUT2D eigenvalue weighted by atomic mass is 9.63. The lowest BCUT2D eigenvalue weighted by Gasteiger charge is -2.44. The minimum Gasteiger partial charge on any atom is -0.427 e. The van der Waals surface area contributed by atoms with Gasteiger partial charge in [0.1, 0.15) is 6.61 Å². The Morgan fingerprint density at radius 2 is 2.13 bits per heavy atom. The van der Waals surface area contributed by atoms with E-state index in [2.05, 4.69) is 32.5 Å². The van der Waals surface area contributed by atoms with Crippen LogP contribution in [-0.4, -0.2) is 19.4 Å². The average molecular weight is 208 g/mol. The van der Waals surface area contributed by atoms with Crippen molar-refractivity contribution >= 4 is 6.72 Å². The molecule has 0 amide bonds. The van der Waals surface area contributed by atoms with Gasteiger partial charge in [0, 0.05) is 5.41 Å². The fourth-order valence-corrected chi connectivity index (χ4v) is 3.02. The molecule has 0 spiro atoms. The number of hydrogen-bond acceptors (Lipinski definition) is 3. The molecule has 1 saturated carbocycles. The molecule has 2 unspecified atom stereocenters. The fourth-order valence-electron chi connectivity index (χ4n) is 3.02. The SMILES string of the molecule is C=NC1CC(C)(C)CC(C)(COC#N)C1. The highest BCUT2D eigenvalue weighted by molar-refractivity contribution is 5.24. The molecule has 1 rings (SSSR count). The minimum atomic E-state index is 0.0589. The van der Waals surface area contributed by atoms with E-state index in [1.807, 2.05) is 0 Å². The van der Waals surface area contributed by atoms with Crippen LogP contribution in [0.3, 0.4) is 0 Å². The van der Waals surface area contributed by atoms with Crippen LogP contribution in [0.5, 0.6) is 0 Å². The van der Waals surface area contributed by atoms with Crippen molar-refractivity contribution in [3.8, 4) is 6.26 Å². The second-order valence-corrected chi connectivity index (χ2v) is 5.78. The van der Waals surface area contributed by atoms with Crippen LogP contribution >= 0.6 is 0 Å². The molecule has 0 aromatic rings. The molecule has 15 heavy (non-hydrogen) atoms.